The lowest BCUT2D eigenvalue weighted by atomic mass is 10.3. The van der Waals surface area contributed by atoms with Crippen molar-refractivity contribution in [3.63, 3.8) is 0 Å². The molecule has 0 radical (unpaired) electrons. The van der Waals surface area contributed by atoms with E-state index in [-0.39, 0.29) is 9.92 Å². The minimum absolute atomic E-state index is 0.0287. The molecule has 0 spiro atoms. The van der Waals surface area contributed by atoms with Gasteiger partial charge in [0.15, 0.2) is 0 Å². The quantitative estimate of drug-likeness (QED) is 0.791. The lowest BCUT2D eigenvalue weighted by Gasteiger charge is -2.11. The summed E-state index contributed by atoms with van der Waals surface area (Å²) in [6, 6.07) is 4.41. The van der Waals surface area contributed by atoms with Crippen LogP contribution in [0.15, 0.2) is 23.1 Å². The van der Waals surface area contributed by atoms with E-state index in [1.165, 1.54) is 12.1 Å². The van der Waals surface area contributed by atoms with E-state index in [0.717, 1.165) is 6.42 Å². The maximum Gasteiger partial charge on any atom is 0.242 e. The van der Waals surface area contributed by atoms with Crippen molar-refractivity contribution in [2.75, 3.05) is 18.5 Å². The van der Waals surface area contributed by atoms with E-state index in [9.17, 15) is 8.42 Å². The van der Waals surface area contributed by atoms with Gasteiger partial charge >= 0.3 is 0 Å². The maximum absolute atomic E-state index is 12.0. The number of sulfonamides is 1. The zero-order valence-electron chi connectivity index (χ0n) is 10.3. The van der Waals surface area contributed by atoms with Crippen LogP contribution in [0.1, 0.15) is 13.3 Å². The molecule has 7 heteroatoms. The standard InChI is InChI=1S/C11H17ClN2O2S2/c1-8(17-2)5-6-14-18(15,16)11-7-9(13)3-4-10(11)12/h3-4,7-8,14H,5-6,13H2,1-2H3. The van der Waals surface area contributed by atoms with Crippen molar-refractivity contribution in [3.8, 4) is 0 Å². The van der Waals surface area contributed by atoms with Crippen molar-refractivity contribution < 1.29 is 8.42 Å². The summed E-state index contributed by atoms with van der Waals surface area (Å²) in [5.41, 5.74) is 5.94. The third-order valence-electron chi connectivity index (χ3n) is 2.49. The Morgan fingerprint density at radius 1 is 1.50 bits per heavy atom. The highest BCUT2D eigenvalue weighted by atomic mass is 35.5. The second-order valence-electron chi connectivity index (χ2n) is 3.92. The van der Waals surface area contributed by atoms with Gasteiger partial charge in [0.1, 0.15) is 4.90 Å². The molecule has 0 aliphatic rings. The Bertz CT molecular complexity index is 506. The predicted octanol–water partition coefficient (Wildman–Crippen LogP) is 2.34. The zero-order chi connectivity index (χ0) is 13.8. The summed E-state index contributed by atoms with van der Waals surface area (Å²) in [6.07, 6.45) is 2.76. The van der Waals surface area contributed by atoms with Crippen LogP contribution in [-0.2, 0) is 10.0 Å². The van der Waals surface area contributed by atoms with Gasteiger partial charge in [-0.15, -0.1) is 0 Å². The summed E-state index contributed by atoms with van der Waals surface area (Å²) in [4.78, 5) is 0.0287. The van der Waals surface area contributed by atoms with Crippen molar-refractivity contribution in [1.29, 1.82) is 0 Å². The third-order valence-corrected chi connectivity index (χ3v) is 5.47. The van der Waals surface area contributed by atoms with Crippen molar-refractivity contribution in [2.24, 2.45) is 0 Å². The smallest absolute Gasteiger partial charge is 0.242 e. The number of thioether (sulfide) groups is 1. The van der Waals surface area contributed by atoms with Crippen LogP contribution in [0, 0.1) is 0 Å². The number of hydrogen-bond acceptors (Lipinski definition) is 4. The Morgan fingerprint density at radius 2 is 2.17 bits per heavy atom. The molecule has 3 N–H and O–H groups in total. The summed E-state index contributed by atoms with van der Waals surface area (Å²) >= 11 is 7.57. The van der Waals surface area contributed by atoms with Gasteiger partial charge in [-0.05, 0) is 30.9 Å². The molecule has 1 unspecified atom stereocenters. The summed E-state index contributed by atoms with van der Waals surface area (Å²) < 4.78 is 26.6. The Kier molecular flexibility index (Phi) is 5.78. The Hall–Kier alpha value is -0.430. The lowest BCUT2D eigenvalue weighted by molar-refractivity contribution is 0.579. The molecule has 1 rings (SSSR count). The van der Waals surface area contributed by atoms with Crippen LogP contribution < -0.4 is 10.5 Å². The van der Waals surface area contributed by atoms with Crippen LogP contribution in [-0.4, -0.2) is 26.5 Å². The fourth-order valence-electron chi connectivity index (χ4n) is 1.32. The second kappa shape index (κ2) is 6.65. The van der Waals surface area contributed by atoms with Crippen molar-refractivity contribution in [1.82, 2.24) is 4.72 Å². The fraction of sp³-hybridized carbons (Fsp3) is 0.455. The molecular weight excluding hydrogens is 292 g/mol. The van der Waals surface area contributed by atoms with Crippen molar-refractivity contribution >= 4 is 39.1 Å². The number of benzene rings is 1. The first-order valence-corrected chi connectivity index (χ1v) is 8.59. The van der Waals surface area contributed by atoms with Crippen LogP contribution in [0.25, 0.3) is 0 Å². The molecule has 0 heterocycles. The first-order chi connectivity index (χ1) is 8.36. The van der Waals surface area contributed by atoms with Gasteiger partial charge in [-0.25, -0.2) is 13.1 Å². The zero-order valence-corrected chi connectivity index (χ0v) is 12.7. The monoisotopic (exact) mass is 308 g/mol. The van der Waals surface area contributed by atoms with E-state index >= 15 is 0 Å². The average molecular weight is 309 g/mol. The number of nitrogens with one attached hydrogen (secondary N) is 1. The molecule has 0 aromatic heterocycles. The minimum Gasteiger partial charge on any atom is -0.399 e. The number of anilines is 1. The van der Waals surface area contributed by atoms with Crippen LogP contribution in [0.3, 0.4) is 0 Å². The van der Waals surface area contributed by atoms with Crippen LogP contribution in [0.4, 0.5) is 5.69 Å². The highest BCUT2D eigenvalue weighted by Crippen LogP contribution is 2.23. The fourth-order valence-corrected chi connectivity index (χ4v) is 3.25. The van der Waals surface area contributed by atoms with Crippen molar-refractivity contribution in [3.05, 3.63) is 23.2 Å². The molecule has 0 bridgehead atoms. The summed E-state index contributed by atoms with van der Waals surface area (Å²) in [7, 11) is -3.59. The number of rotatable bonds is 6. The van der Waals surface area contributed by atoms with Gasteiger partial charge in [-0.3, -0.25) is 0 Å². The van der Waals surface area contributed by atoms with Gasteiger partial charge in [0.25, 0.3) is 0 Å². The van der Waals surface area contributed by atoms with Crippen molar-refractivity contribution in [2.45, 2.75) is 23.5 Å². The molecule has 0 aliphatic carbocycles. The number of nitrogen functional groups attached to an aromatic ring is 1. The summed E-state index contributed by atoms with van der Waals surface area (Å²) in [5.74, 6) is 0. The maximum atomic E-state index is 12.0. The van der Waals surface area contributed by atoms with Crippen LogP contribution in [0.5, 0.6) is 0 Å². The molecule has 0 saturated heterocycles. The molecule has 1 aromatic rings. The summed E-state index contributed by atoms with van der Waals surface area (Å²) in [6.45, 7) is 2.43. The third kappa shape index (κ3) is 4.35. The van der Waals surface area contributed by atoms with E-state index in [4.69, 9.17) is 17.3 Å². The molecule has 102 valence electrons. The van der Waals surface area contributed by atoms with Crippen LogP contribution >= 0.6 is 23.4 Å². The normalized spacial score (nSPS) is 13.5. The average Bonchev–Trinajstić information content (AvgIpc) is 2.31. The Labute approximate surface area is 117 Å². The SMILES string of the molecule is CSC(C)CCNS(=O)(=O)c1cc(N)ccc1Cl. The first kappa shape index (κ1) is 15.6. The topological polar surface area (TPSA) is 72.2 Å². The highest BCUT2D eigenvalue weighted by Gasteiger charge is 2.17. The van der Waals surface area contributed by atoms with Gasteiger partial charge in [-0.2, -0.15) is 11.8 Å². The largest absolute Gasteiger partial charge is 0.399 e. The minimum atomic E-state index is -3.59. The Morgan fingerprint density at radius 3 is 2.78 bits per heavy atom. The van der Waals surface area contributed by atoms with Crippen LogP contribution in [0.2, 0.25) is 5.02 Å². The van der Waals surface area contributed by atoms with E-state index in [0.29, 0.717) is 17.5 Å². The van der Waals surface area contributed by atoms with E-state index in [1.54, 1.807) is 17.8 Å². The Balaban J connectivity index is 2.77. The molecule has 0 saturated carbocycles. The van der Waals surface area contributed by atoms with E-state index in [1.807, 2.05) is 13.2 Å². The van der Waals surface area contributed by atoms with Gasteiger partial charge in [0.05, 0.1) is 5.02 Å². The number of halogens is 1. The number of nitrogens with two attached hydrogens (primary N) is 1. The van der Waals surface area contributed by atoms with Gasteiger partial charge in [-0.1, -0.05) is 18.5 Å². The molecule has 0 aliphatic heterocycles. The molecular formula is C11H17ClN2O2S2. The highest BCUT2D eigenvalue weighted by molar-refractivity contribution is 7.99. The second-order valence-corrected chi connectivity index (χ2v) is 7.34. The van der Waals surface area contributed by atoms with Gasteiger partial charge < -0.3 is 5.73 Å². The molecule has 0 amide bonds. The summed E-state index contributed by atoms with van der Waals surface area (Å²) in [5, 5.41) is 0.582. The number of hydrogen-bond donors (Lipinski definition) is 2. The predicted molar refractivity (Wildman–Crippen MR) is 78.6 cm³/mol. The molecule has 4 nitrogen and oxygen atoms in total. The molecule has 1 atom stereocenters. The molecule has 18 heavy (non-hydrogen) atoms. The van der Waals surface area contributed by atoms with E-state index in [2.05, 4.69) is 4.72 Å². The lowest BCUT2D eigenvalue weighted by Crippen LogP contribution is -2.26. The first-order valence-electron chi connectivity index (χ1n) is 5.44. The van der Waals surface area contributed by atoms with Gasteiger partial charge in [0, 0.05) is 17.5 Å². The molecule has 1 aromatic carbocycles. The van der Waals surface area contributed by atoms with Gasteiger partial charge in [0.2, 0.25) is 10.0 Å². The molecule has 0 fully saturated rings. The van der Waals surface area contributed by atoms with E-state index < -0.39 is 10.0 Å².